The molecule has 1 aliphatic rings. The van der Waals surface area contributed by atoms with E-state index in [9.17, 15) is 14.7 Å². The Morgan fingerprint density at radius 3 is 2.13 bits per heavy atom. The van der Waals surface area contributed by atoms with Gasteiger partial charge in [-0.05, 0) is 41.8 Å². The topological polar surface area (TPSA) is 66.8 Å². The molecule has 156 valence electrons. The molecular formula is C26H23NO4. The lowest BCUT2D eigenvalue weighted by atomic mass is 9.95. The maximum absolute atomic E-state index is 13.0. The molecule has 5 heteroatoms. The molecule has 31 heavy (non-hydrogen) atoms. The number of aliphatic hydroxyl groups is 1. The van der Waals surface area contributed by atoms with Crippen LogP contribution in [0.15, 0.2) is 90.5 Å². The summed E-state index contributed by atoms with van der Waals surface area (Å²) in [4.78, 5) is 27.5. The van der Waals surface area contributed by atoms with E-state index in [1.165, 1.54) is 0 Å². The van der Waals surface area contributed by atoms with Crippen LogP contribution in [-0.4, -0.2) is 35.4 Å². The van der Waals surface area contributed by atoms with Crippen LogP contribution in [0, 0.1) is 0 Å². The number of amides is 1. The van der Waals surface area contributed by atoms with Crippen molar-refractivity contribution in [1.82, 2.24) is 4.90 Å². The van der Waals surface area contributed by atoms with Gasteiger partial charge in [0.25, 0.3) is 11.7 Å². The molecule has 1 N–H and O–H groups in total. The summed E-state index contributed by atoms with van der Waals surface area (Å²) in [6, 6.07) is 25.3. The lowest BCUT2D eigenvalue weighted by molar-refractivity contribution is -0.139. The van der Waals surface area contributed by atoms with Gasteiger partial charge in [-0.1, -0.05) is 60.7 Å². The summed E-state index contributed by atoms with van der Waals surface area (Å²) in [5, 5.41) is 11.0. The number of carbonyl (C=O) groups is 2. The van der Waals surface area contributed by atoms with Crippen LogP contribution < -0.4 is 4.74 Å². The lowest BCUT2D eigenvalue weighted by Gasteiger charge is -2.25. The van der Waals surface area contributed by atoms with Crippen LogP contribution in [0.3, 0.4) is 0 Å². The molecule has 0 bridgehead atoms. The highest BCUT2D eigenvalue weighted by Crippen LogP contribution is 2.39. The van der Waals surface area contributed by atoms with Gasteiger partial charge in [0.05, 0.1) is 18.7 Å². The molecule has 0 spiro atoms. The summed E-state index contributed by atoms with van der Waals surface area (Å²) in [6.07, 6.45) is 0.611. The van der Waals surface area contributed by atoms with E-state index in [0.717, 1.165) is 11.1 Å². The van der Waals surface area contributed by atoms with E-state index in [-0.39, 0.29) is 11.3 Å². The molecule has 1 fully saturated rings. The molecule has 0 aliphatic carbocycles. The first kappa shape index (κ1) is 20.4. The maximum atomic E-state index is 13.0. The largest absolute Gasteiger partial charge is 0.507 e. The first-order chi connectivity index (χ1) is 15.1. The van der Waals surface area contributed by atoms with Crippen molar-refractivity contribution in [2.24, 2.45) is 0 Å². The van der Waals surface area contributed by atoms with Crippen LogP contribution in [0.4, 0.5) is 0 Å². The fraction of sp³-hybridized carbons (Fsp3) is 0.154. The number of hydrogen-bond acceptors (Lipinski definition) is 4. The van der Waals surface area contributed by atoms with Gasteiger partial charge in [0.15, 0.2) is 0 Å². The third-order valence-corrected chi connectivity index (χ3v) is 5.50. The standard InChI is InChI=1S/C26H23NO4/c1-31-21-14-12-20(13-15-21)24(28)22-23(19-10-6-3-7-11-19)27(26(30)25(22)29)17-16-18-8-4-2-5-9-18/h2-15,23,28H,16-17H2,1H3. The minimum Gasteiger partial charge on any atom is -0.507 e. The van der Waals surface area contributed by atoms with Crippen LogP contribution in [-0.2, 0) is 16.0 Å². The van der Waals surface area contributed by atoms with Crippen molar-refractivity contribution in [3.05, 3.63) is 107 Å². The number of ether oxygens (including phenoxy) is 1. The Balaban J connectivity index is 1.75. The van der Waals surface area contributed by atoms with Gasteiger partial charge in [0.1, 0.15) is 11.5 Å². The normalized spacial score (nSPS) is 17.7. The second-order valence-electron chi connectivity index (χ2n) is 7.37. The van der Waals surface area contributed by atoms with Crippen LogP contribution in [0.25, 0.3) is 5.76 Å². The zero-order valence-electron chi connectivity index (χ0n) is 17.2. The molecule has 1 heterocycles. The number of likely N-dealkylation sites (tertiary alicyclic amines) is 1. The highest BCUT2D eigenvalue weighted by Gasteiger charge is 2.45. The predicted octanol–water partition coefficient (Wildman–Crippen LogP) is 4.36. The number of carbonyl (C=O) groups excluding carboxylic acids is 2. The molecule has 0 aromatic heterocycles. The Labute approximate surface area is 181 Å². The van der Waals surface area contributed by atoms with Crippen molar-refractivity contribution in [3.8, 4) is 5.75 Å². The van der Waals surface area contributed by atoms with Gasteiger partial charge in [0.2, 0.25) is 0 Å². The number of Topliss-reactive ketones (excluding diaryl/α,β-unsaturated/α-hetero) is 1. The fourth-order valence-corrected chi connectivity index (χ4v) is 3.89. The molecule has 4 rings (SSSR count). The van der Waals surface area contributed by atoms with Gasteiger partial charge in [-0.25, -0.2) is 0 Å². The van der Waals surface area contributed by atoms with Crippen molar-refractivity contribution in [1.29, 1.82) is 0 Å². The molecule has 1 saturated heterocycles. The SMILES string of the molecule is COc1ccc(C(O)=C2C(=O)C(=O)N(CCc3ccccc3)C2c2ccccc2)cc1. The Morgan fingerprint density at radius 2 is 1.52 bits per heavy atom. The molecule has 0 saturated carbocycles. The second-order valence-corrected chi connectivity index (χ2v) is 7.37. The summed E-state index contributed by atoms with van der Waals surface area (Å²) < 4.78 is 5.17. The zero-order chi connectivity index (χ0) is 21.8. The van der Waals surface area contributed by atoms with Crippen molar-refractivity contribution in [3.63, 3.8) is 0 Å². The van der Waals surface area contributed by atoms with Gasteiger partial charge in [-0.15, -0.1) is 0 Å². The average Bonchev–Trinajstić information content (AvgIpc) is 3.08. The fourth-order valence-electron chi connectivity index (χ4n) is 3.89. The van der Waals surface area contributed by atoms with E-state index < -0.39 is 17.7 Å². The number of methoxy groups -OCH3 is 1. The number of rotatable bonds is 6. The third-order valence-electron chi connectivity index (χ3n) is 5.50. The summed E-state index contributed by atoms with van der Waals surface area (Å²) in [5.74, 6) is -0.813. The van der Waals surface area contributed by atoms with Crippen molar-refractivity contribution in [2.75, 3.05) is 13.7 Å². The van der Waals surface area contributed by atoms with E-state index in [2.05, 4.69) is 0 Å². The molecular weight excluding hydrogens is 390 g/mol. The summed E-state index contributed by atoms with van der Waals surface area (Å²) in [7, 11) is 1.56. The number of benzene rings is 3. The molecule has 0 radical (unpaired) electrons. The Kier molecular flexibility index (Phi) is 5.85. The molecule has 1 unspecified atom stereocenters. The molecule has 1 aliphatic heterocycles. The van der Waals surface area contributed by atoms with E-state index in [1.54, 1.807) is 36.3 Å². The first-order valence-corrected chi connectivity index (χ1v) is 10.1. The molecule has 1 amide bonds. The summed E-state index contributed by atoms with van der Waals surface area (Å²) in [5.41, 5.74) is 2.42. The monoisotopic (exact) mass is 413 g/mol. The van der Waals surface area contributed by atoms with E-state index in [1.807, 2.05) is 60.7 Å². The zero-order valence-corrected chi connectivity index (χ0v) is 17.2. The highest BCUT2D eigenvalue weighted by molar-refractivity contribution is 6.46. The van der Waals surface area contributed by atoms with Gasteiger partial charge in [0, 0.05) is 12.1 Å². The Bertz CT molecular complexity index is 1110. The van der Waals surface area contributed by atoms with E-state index in [0.29, 0.717) is 24.3 Å². The molecule has 1 atom stereocenters. The quantitative estimate of drug-likeness (QED) is 0.370. The number of hydrogen-bond donors (Lipinski definition) is 1. The average molecular weight is 413 g/mol. The summed E-state index contributed by atoms with van der Waals surface area (Å²) >= 11 is 0. The van der Waals surface area contributed by atoms with E-state index >= 15 is 0 Å². The third kappa shape index (κ3) is 4.08. The molecule has 5 nitrogen and oxygen atoms in total. The van der Waals surface area contributed by atoms with Crippen molar-refractivity contribution >= 4 is 17.4 Å². The van der Waals surface area contributed by atoms with Crippen molar-refractivity contribution < 1.29 is 19.4 Å². The van der Waals surface area contributed by atoms with Gasteiger partial charge >= 0.3 is 0 Å². The molecule has 3 aromatic rings. The van der Waals surface area contributed by atoms with Gasteiger partial charge in [-0.3, -0.25) is 9.59 Å². The Morgan fingerprint density at radius 1 is 0.903 bits per heavy atom. The highest BCUT2D eigenvalue weighted by atomic mass is 16.5. The summed E-state index contributed by atoms with van der Waals surface area (Å²) in [6.45, 7) is 0.369. The van der Waals surface area contributed by atoms with Crippen LogP contribution >= 0.6 is 0 Å². The first-order valence-electron chi connectivity index (χ1n) is 10.1. The molecule has 3 aromatic carbocycles. The Hall–Kier alpha value is -3.86. The van der Waals surface area contributed by atoms with Crippen LogP contribution in [0.1, 0.15) is 22.7 Å². The smallest absolute Gasteiger partial charge is 0.295 e. The van der Waals surface area contributed by atoms with Gasteiger partial charge in [-0.2, -0.15) is 0 Å². The number of nitrogens with zero attached hydrogens (tertiary/aromatic N) is 1. The minimum atomic E-state index is -0.671. The van der Waals surface area contributed by atoms with Crippen LogP contribution in [0.5, 0.6) is 5.75 Å². The maximum Gasteiger partial charge on any atom is 0.295 e. The lowest BCUT2D eigenvalue weighted by Crippen LogP contribution is -2.31. The second kappa shape index (κ2) is 8.88. The van der Waals surface area contributed by atoms with Gasteiger partial charge < -0.3 is 14.7 Å². The minimum absolute atomic E-state index is 0.106. The van der Waals surface area contributed by atoms with Crippen LogP contribution in [0.2, 0.25) is 0 Å². The van der Waals surface area contributed by atoms with Crippen molar-refractivity contribution in [2.45, 2.75) is 12.5 Å². The number of aliphatic hydroxyl groups excluding tert-OH is 1. The van der Waals surface area contributed by atoms with E-state index in [4.69, 9.17) is 4.74 Å². The number of ketones is 1. The predicted molar refractivity (Wildman–Crippen MR) is 119 cm³/mol.